The third kappa shape index (κ3) is 4.98. The minimum absolute atomic E-state index is 0.236. The van der Waals surface area contributed by atoms with Crippen LogP contribution in [0.4, 0.5) is 0 Å². The van der Waals surface area contributed by atoms with E-state index in [9.17, 15) is 0 Å². The summed E-state index contributed by atoms with van der Waals surface area (Å²) in [5.41, 5.74) is 7.01. The van der Waals surface area contributed by atoms with Crippen LogP contribution in [0, 0.1) is 0 Å². The lowest BCUT2D eigenvalue weighted by Gasteiger charge is -2.14. The van der Waals surface area contributed by atoms with Gasteiger partial charge in [-0.15, -0.1) is 0 Å². The summed E-state index contributed by atoms with van der Waals surface area (Å²) in [5, 5.41) is 0. The van der Waals surface area contributed by atoms with Crippen LogP contribution >= 0.6 is 0 Å². The topological polar surface area (TPSA) is 43.5 Å². The Morgan fingerprint density at radius 1 is 0.529 bits per heavy atom. The molecule has 6 rings (SSSR count). The average molecular weight is 451 g/mol. The van der Waals surface area contributed by atoms with Crippen LogP contribution in [0.5, 0.6) is 11.5 Å². The van der Waals surface area contributed by atoms with Crippen LogP contribution in [0.1, 0.15) is 0 Å². The molecule has 4 nitrogen and oxygen atoms in total. The normalized spacial score (nSPS) is 18.4. The zero-order valence-corrected chi connectivity index (χ0v) is 18.9. The van der Waals surface area contributed by atoms with Crippen molar-refractivity contribution >= 4 is 0 Å². The quantitative estimate of drug-likeness (QED) is 0.283. The Morgan fingerprint density at radius 2 is 1.03 bits per heavy atom. The molecule has 0 N–H and O–H groups in total. The molecule has 2 saturated heterocycles. The first-order valence-corrected chi connectivity index (χ1v) is 11.7. The van der Waals surface area contributed by atoms with Gasteiger partial charge in [0, 0.05) is 0 Å². The van der Waals surface area contributed by atoms with Crippen LogP contribution in [-0.2, 0) is 9.47 Å². The second-order valence-electron chi connectivity index (χ2n) is 8.71. The lowest BCUT2D eigenvalue weighted by atomic mass is 9.93. The van der Waals surface area contributed by atoms with Crippen LogP contribution in [-0.4, -0.2) is 38.6 Å². The van der Waals surface area contributed by atoms with Crippen molar-refractivity contribution in [1.82, 2.24) is 0 Å². The highest BCUT2D eigenvalue weighted by atomic mass is 16.6. The van der Waals surface area contributed by atoms with Gasteiger partial charge in [0.1, 0.15) is 36.9 Å². The highest BCUT2D eigenvalue weighted by Crippen LogP contribution is 2.36. The van der Waals surface area contributed by atoms with Gasteiger partial charge in [0.2, 0.25) is 0 Å². The molecule has 0 bridgehead atoms. The second kappa shape index (κ2) is 9.34. The number of rotatable bonds is 9. The van der Waals surface area contributed by atoms with Gasteiger partial charge in [0.25, 0.3) is 0 Å². The maximum atomic E-state index is 5.96. The molecule has 0 saturated carbocycles. The lowest BCUT2D eigenvalue weighted by Crippen LogP contribution is -2.04. The zero-order valence-electron chi connectivity index (χ0n) is 18.9. The number of benzene rings is 4. The molecular formula is C30H26O4. The van der Waals surface area contributed by atoms with E-state index in [2.05, 4.69) is 72.8 Å². The maximum Gasteiger partial charge on any atom is 0.120 e. The summed E-state index contributed by atoms with van der Waals surface area (Å²) in [7, 11) is 0. The van der Waals surface area contributed by atoms with Crippen LogP contribution in [0.3, 0.4) is 0 Å². The number of hydrogen-bond acceptors (Lipinski definition) is 4. The van der Waals surface area contributed by atoms with Gasteiger partial charge in [-0.3, -0.25) is 0 Å². The van der Waals surface area contributed by atoms with E-state index in [1.807, 2.05) is 24.3 Å². The van der Waals surface area contributed by atoms with Crippen LogP contribution in [0.25, 0.3) is 33.4 Å². The van der Waals surface area contributed by atoms with Crippen molar-refractivity contribution in [3.8, 4) is 44.9 Å². The summed E-state index contributed by atoms with van der Waals surface area (Å²) in [5.74, 6) is 1.74. The first kappa shape index (κ1) is 21.0. The summed E-state index contributed by atoms with van der Waals surface area (Å²) in [6, 6.07) is 33.7. The SMILES string of the molecule is c1ccc(-c2cc(OCC3CO3)ccc2-c2ccc(-c3ccc(OCC4CO4)cc3)cc2)cc1. The van der Waals surface area contributed by atoms with E-state index in [4.69, 9.17) is 18.9 Å². The van der Waals surface area contributed by atoms with Gasteiger partial charge in [-0.1, -0.05) is 72.8 Å². The van der Waals surface area contributed by atoms with E-state index in [0.29, 0.717) is 13.2 Å². The summed E-state index contributed by atoms with van der Waals surface area (Å²) in [4.78, 5) is 0. The molecule has 4 aromatic rings. The van der Waals surface area contributed by atoms with Gasteiger partial charge < -0.3 is 18.9 Å². The molecule has 0 spiro atoms. The van der Waals surface area contributed by atoms with Crippen molar-refractivity contribution in [1.29, 1.82) is 0 Å². The molecule has 2 aliphatic rings. The molecule has 34 heavy (non-hydrogen) atoms. The molecule has 0 aromatic heterocycles. The molecule has 2 unspecified atom stereocenters. The van der Waals surface area contributed by atoms with E-state index >= 15 is 0 Å². The first-order chi connectivity index (χ1) is 16.8. The molecule has 4 aromatic carbocycles. The molecule has 2 atom stereocenters. The van der Waals surface area contributed by atoms with Gasteiger partial charge in [0.15, 0.2) is 0 Å². The van der Waals surface area contributed by atoms with Crippen molar-refractivity contribution in [2.75, 3.05) is 26.4 Å². The lowest BCUT2D eigenvalue weighted by molar-refractivity contribution is 0.263. The van der Waals surface area contributed by atoms with E-state index in [1.165, 1.54) is 22.3 Å². The number of ether oxygens (including phenoxy) is 4. The van der Waals surface area contributed by atoms with Crippen molar-refractivity contribution < 1.29 is 18.9 Å². The van der Waals surface area contributed by atoms with E-state index in [1.54, 1.807) is 0 Å². The predicted octanol–water partition coefficient (Wildman–Crippen LogP) is 6.24. The minimum Gasteiger partial charge on any atom is -0.491 e. The Morgan fingerprint density at radius 3 is 1.65 bits per heavy atom. The standard InChI is InChI=1S/C30H26O4/c1-2-4-23(5-3-1)30-16-26(32-18-28-20-34-28)14-15-29(30)24-8-6-21(7-9-24)22-10-12-25(13-11-22)31-17-27-19-33-27/h1-16,27-28H,17-20H2. The monoisotopic (exact) mass is 450 g/mol. The highest BCUT2D eigenvalue weighted by molar-refractivity contribution is 5.85. The van der Waals surface area contributed by atoms with Crippen LogP contribution in [0.2, 0.25) is 0 Å². The average Bonchev–Trinajstić information content (AvgIpc) is 3.83. The highest BCUT2D eigenvalue weighted by Gasteiger charge is 2.24. The van der Waals surface area contributed by atoms with E-state index in [-0.39, 0.29) is 12.2 Å². The Bertz CT molecular complexity index is 1240. The number of epoxide rings is 2. The Hall–Kier alpha value is -3.60. The molecule has 4 heteroatoms. The molecule has 2 fully saturated rings. The van der Waals surface area contributed by atoms with Crippen LogP contribution in [0.15, 0.2) is 97.1 Å². The Balaban J connectivity index is 1.25. The van der Waals surface area contributed by atoms with E-state index < -0.39 is 0 Å². The summed E-state index contributed by atoms with van der Waals surface area (Å²) in [6.07, 6.45) is 0.501. The molecular weight excluding hydrogens is 424 g/mol. The fourth-order valence-corrected chi connectivity index (χ4v) is 4.01. The summed E-state index contributed by atoms with van der Waals surface area (Å²) < 4.78 is 22.2. The minimum atomic E-state index is 0.236. The fraction of sp³-hybridized carbons (Fsp3) is 0.200. The molecule has 0 aliphatic carbocycles. The van der Waals surface area contributed by atoms with Crippen LogP contribution < -0.4 is 9.47 Å². The Labute approximate surface area is 199 Å². The first-order valence-electron chi connectivity index (χ1n) is 11.7. The van der Waals surface area contributed by atoms with Crippen molar-refractivity contribution in [2.45, 2.75) is 12.2 Å². The molecule has 170 valence electrons. The van der Waals surface area contributed by atoms with Gasteiger partial charge in [-0.25, -0.2) is 0 Å². The molecule has 2 heterocycles. The summed E-state index contributed by atoms with van der Waals surface area (Å²) >= 11 is 0. The zero-order chi connectivity index (χ0) is 22.7. The number of hydrogen-bond donors (Lipinski definition) is 0. The maximum absolute atomic E-state index is 5.96. The van der Waals surface area contributed by atoms with Crippen molar-refractivity contribution in [3.05, 3.63) is 97.1 Å². The third-order valence-electron chi connectivity index (χ3n) is 6.14. The van der Waals surface area contributed by atoms with Gasteiger partial charge in [0.05, 0.1) is 13.2 Å². The van der Waals surface area contributed by atoms with E-state index in [0.717, 1.165) is 35.8 Å². The second-order valence-corrected chi connectivity index (χ2v) is 8.71. The predicted molar refractivity (Wildman–Crippen MR) is 133 cm³/mol. The third-order valence-corrected chi connectivity index (χ3v) is 6.14. The molecule has 0 amide bonds. The van der Waals surface area contributed by atoms with Gasteiger partial charge in [-0.2, -0.15) is 0 Å². The molecule has 0 radical (unpaired) electrons. The Kier molecular flexibility index (Phi) is 5.76. The fourth-order valence-electron chi connectivity index (χ4n) is 4.01. The smallest absolute Gasteiger partial charge is 0.120 e. The van der Waals surface area contributed by atoms with Gasteiger partial charge >= 0.3 is 0 Å². The molecule has 2 aliphatic heterocycles. The van der Waals surface area contributed by atoms with Crippen molar-refractivity contribution in [2.24, 2.45) is 0 Å². The van der Waals surface area contributed by atoms with Crippen molar-refractivity contribution in [3.63, 3.8) is 0 Å². The largest absolute Gasteiger partial charge is 0.491 e. The summed E-state index contributed by atoms with van der Waals surface area (Å²) in [6.45, 7) is 2.82. The van der Waals surface area contributed by atoms with Gasteiger partial charge in [-0.05, 0) is 57.6 Å².